The number of methoxy groups -OCH3 is 1. The van der Waals surface area contributed by atoms with Gasteiger partial charge in [-0.05, 0) is 0 Å². The van der Waals surface area contributed by atoms with Gasteiger partial charge in [0, 0.05) is 30.7 Å². The maximum absolute atomic E-state index is 11.7. The zero-order chi connectivity index (χ0) is 13.1. The van der Waals surface area contributed by atoms with E-state index in [0.717, 1.165) is 5.82 Å². The van der Waals surface area contributed by atoms with E-state index in [9.17, 15) is 4.79 Å². The minimum absolute atomic E-state index is 0.180. The fraction of sp³-hybridized carbons (Fsp3) is 0.333. The molecule has 6 heteroatoms. The Balaban J connectivity index is 2.57. The summed E-state index contributed by atoms with van der Waals surface area (Å²) in [7, 11) is 1.32. The first kappa shape index (κ1) is 12.2. The Kier molecular flexibility index (Phi) is 3.36. The van der Waals surface area contributed by atoms with E-state index in [4.69, 9.17) is 4.74 Å². The summed E-state index contributed by atoms with van der Waals surface area (Å²) in [6.45, 7) is 4.04. The third-order valence-corrected chi connectivity index (χ3v) is 2.47. The third kappa shape index (κ3) is 2.09. The van der Waals surface area contributed by atoms with Crippen molar-refractivity contribution in [2.24, 2.45) is 0 Å². The standard InChI is InChI=1S/C12H14N4O2/c1-8(2)10-15-6-7-16(10)11-9(12(17)18-3)13-4-5-14-11/h4-8H,1-3H3. The Labute approximate surface area is 105 Å². The van der Waals surface area contributed by atoms with E-state index in [1.165, 1.54) is 19.5 Å². The number of imidazole rings is 1. The zero-order valence-corrected chi connectivity index (χ0v) is 10.5. The highest BCUT2D eigenvalue weighted by molar-refractivity contribution is 5.90. The fourth-order valence-electron chi connectivity index (χ4n) is 1.67. The van der Waals surface area contributed by atoms with Crippen molar-refractivity contribution in [2.45, 2.75) is 19.8 Å². The van der Waals surface area contributed by atoms with Gasteiger partial charge in [0.15, 0.2) is 11.5 Å². The van der Waals surface area contributed by atoms with Crippen LogP contribution in [0.4, 0.5) is 0 Å². The molecule has 18 heavy (non-hydrogen) atoms. The van der Waals surface area contributed by atoms with E-state index < -0.39 is 5.97 Å². The normalized spacial score (nSPS) is 10.7. The van der Waals surface area contributed by atoms with Crippen molar-refractivity contribution in [1.82, 2.24) is 19.5 Å². The maximum atomic E-state index is 11.7. The molecule has 94 valence electrons. The van der Waals surface area contributed by atoms with E-state index >= 15 is 0 Å². The molecule has 2 heterocycles. The highest BCUT2D eigenvalue weighted by Crippen LogP contribution is 2.18. The number of hydrogen-bond donors (Lipinski definition) is 0. The number of nitrogens with zero attached hydrogens (tertiary/aromatic N) is 4. The van der Waals surface area contributed by atoms with Crippen molar-refractivity contribution in [1.29, 1.82) is 0 Å². The summed E-state index contributed by atoms with van der Waals surface area (Å²) in [6.07, 6.45) is 6.42. The zero-order valence-electron chi connectivity index (χ0n) is 10.5. The Morgan fingerprint density at radius 1 is 1.22 bits per heavy atom. The van der Waals surface area contributed by atoms with Crippen molar-refractivity contribution in [3.63, 3.8) is 0 Å². The molecular weight excluding hydrogens is 232 g/mol. The molecule has 0 bridgehead atoms. The molecule has 0 amide bonds. The molecule has 0 aliphatic carbocycles. The van der Waals surface area contributed by atoms with Gasteiger partial charge in [0.25, 0.3) is 0 Å². The molecule has 2 aromatic rings. The minimum Gasteiger partial charge on any atom is -0.464 e. The minimum atomic E-state index is -0.512. The van der Waals surface area contributed by atoms with Gasteiger partial charge in [-0.3, -0.25) is 4.57 Å². The SMILES string of the molecule is COC(=O)c1nccnc1-n1ccnc1C(C)C. The summed E-state index contributed by atoms with van der Waals surface area (Å²) in [5.41, 5.74) is 0.180. The number of carbonyl (C=O) groups excluding carboxylic acids is 1. The third-order valence-electron chi connectivity index (χ3n) is 2.47. The lowest BCUT2D eigenvalue weighted by Gasteiger charge is -2.11. The van der Waals surface area contributed by atoms with E-state index in [-0.39, 0.29) is 11.6 Å². The van der Waals surface area contributed by atoms with Gasteiger partial charge in [-0.2, -0.15) is 0 Å². The summed E-state index contributed by atoms with van der Waals surface area (Å²) >= 11 is 0. The first-order valence-corrected chi connectivity index (χ1v) is 5.58. The molecule has 0 saturated heterocycles. The highest BCUT2D eigenvalue weighted by atomic mass is 16.5. The van der Waals surface area contributed by atoms with Crippen molar-refractivity contribution in [3.8, 4) is 5.82 Å². The van der Waals surface area contributed by atoms with Crippen molar-refractivity contribution < 1.29 is 9.53 Å². The molecule has 0 aliphatic rings. The van der Waals surface area contributed by atoms with E-state index in [2.05, 4.69) is 15.0 Å². The van der Waals surface area contributed by atoms with E-state index in [0.29, 0.717) is 5.82 Å². The second-order valence-corrected chi connectivity index (χ2v) is 4.03. The van der Waals surface area contributed by atoms with Crippen LogP contribution in [0, 0.1) is 0 Å². The molecule has 2 rings (SSSR count). The second kappa shape index (κ2) is 4.95. The predicted octanol–water partition coefficient (Wildman–Crippen LogP) is 1.57. The van der Waals surface area contributed by atoms with Crippen LogP contribution in [0.25, 0.3) is 5.82 Å². The van der Waals surface area contributed by atoms with Gasteiger partial charge in [0.1, 0.15) is 5.82 Å². The predicted molar refractivity (Wildman–Crippen MR) is 64.6 cm³/mol. The van der Waals surface area contributed by atoms with Crippen LogP contribution < -0.4 is 0 Å². The van der Waals surface area contributed by atoms with Crippen LogP contribution in [0.15, 0.2) is 24.8 Å². The van der Waals surface area contributed by atoms with Gasteiger partial charge in [0.2, 0.25) is 0 Å². The summed E-state index contributed by atoms with van der Waals surface area (Å²) in [6, 6.07) is 0. The molecule has 0 atom stereocenters. The molecule has 0 N–H and O–H groups in total. The molecule has 0 aromatic carbocycles. The Morgan fingerprint density at radius 3 is 2.61 bits per heavy atom. The second-order valence-electron chi connectivity index (χ2n) is 4.03. The van der Waals surface area contributed by atoms with Crippen molar-refractivity contribution >= 4 is 5.97 Å². The van der Waals surface area contributed by atoms with Gasteiger partial charge >= 0.3 is 5.97 Å². The van der Waals surface area contributed by atoms with Crippen LogP contribution in [-0.4, -0.2) is 32.6 Å². The van der Waals surface area contributed by atoms with Gasteiger partial charge in [-0.15, -0.1) is 0 Å². The molecule has 6 nitrogen and oxygen atoms in total. The number of esters is 1. The average Bonchev–Trinajstić information content (AvgIpc) is 2.87. The summed E-state index contributed by atoms with van der Waals surface area (Å²) < 4.78 is 6.45. The molecule has 0 spiro atoms. The summed E-state index contributed by atoms with van der Waals surface area (Å²) in [5, 5.41) is 0. The largest absolute Gasteiger partial charge is 0.464 e. The van der Waals surface area contributed by atoms with Crippen LogP contribution >= 0.6 is 0 Å². The first-order chi connectivity index (χ1) is 8.65. The average molecular weight is 246 g/mol. The van der Waals surface area contributed by atoms with Crippen LogP contribution in [-0.2, 0) is 4.74 Å². The van der Waals surface area contributed by atoms with Gasteiger partial charge in [-0.25, -0.2) is 19.7 Å². The van der Waals surface area contributed by atoms with Crippen LogP contribution in [0.5, 0.6) is 0 Å². The monoisotopic (exact) mass is 246 g/mol. The molecule has 0 fully saturated rings. The number of hydrogen-bond acceptors (Lipinski definition) is 5. The molecule has 0 radical (unpaired) electrons. The quantitative estimate of drug-likeness (QED) is 0.769. The van der Waals surface area contributed by atoms with Gasteiger partial charge in [0.05, 0.1) is 7.11 Å². The Morgan fingerprint density at radius 2 is 1.94 bits per heavy atom. The lowest BCUT2D eigenvalue weighted by Crippen LogP contribution is -2.13. The maximum Gasteiger partial charge on any atom is 0.360 e. The lowest BCUT2D eigenvalue weighted by molar-refractivity contribution is 0.0593. The van der Waals surface area contributed by atoms with Crippen molar-refractivity contribution in [3.05, 3.63) is 36.3 Å². The number of carbonyl (C=O) groups is 1. The summed E-state index contributed by atoms with van der Waals surface area (Å²) in [4.78, 5) is 24.1. The number of ether oxygens (including phenoxy) is 1. The Hall–Kier alpha value is -2.24. The molecular formula is C12H14N4O2. The van der Waals surface area contributed by atoms with Crippen molar-refractivity contribution in [2.75, 3.05) is 7.11 Å². The number of aromatic nitrogens is 4. The molecule has 2 aromatic heterocycles. The lowest BCUT2D eigenvalue weighted by atomic mass is 10.2. The smallest absolute Gasteiger partial charge is 0.360 e. The molecule has 0 aliphatic heterocycles. The van der Waals surface area contributed by atoms with E-state index in [1.807, 2.05) is 13.8 Å². The van der Waals surface area contributed by atoms with E-state index in [1.54, 1.807) is 17.0 Å². The van der Waals surface area contributed by atoms with Crippen LogP contribution in [0.3, 0.4) is 0 Å². The van der Waals surface area contributed by atoms with Crippen LogP contribution in [0.1, 0.15) is 36.1 Å². The Bertz CT molecular complexity index is 563. The van der Waals surface area contributed by atoms with Gasteiger partial charge in [-0.1, -0.05) is 13.8 Å². The fourth-order valence-corrected chi connectivity index (χ4v) is 1.67. The first-order valence-electron chi connectivity index (χ1n) is 5.58. The highest BCUT2D eigenvalue weighted by Gasteiger charge is 2.19. The molecule has 0 unspecified atom stereocenters. The molecule has 0 saturated carbocycles. The number of rotatable bonds is 3. The topological polar surface area (TPSA) is 69.9 Å². The summed E-state index contributed by atoms with van der Waals surface area (Å²) in [5.74, 6) is 0.959. The van der Waals surface area contributed by atoms with Crippen LogP contribution in [0.2, 0.25) is 0 Å². The van der Waals surface area contributed by atoms with Gasteiger partial charge < -0.3 is 4.74 Å².